The van der Waals surface area contributed by atoms with Crippen molar-refractivity contribution >= 4 is 23.7 Å². The molecule has 5 rings (SSSR count). The normalized spacial score (nSPS) is 20.8. The minimum atomic E-state index is -0.615. The van der Waals surface area contributed by atoms with Crippen molar-refractivity contribution in [2.45, 2.75) is 39.9 Å². The third kappa shape index (κ3) is 3.65. The lowest BCUT2D eigenvalue weighted by atomic mass is 10.1. The summed E-state index contributed by atoms with van der Waals surface area (Å²) in [4.78, 5) is 36.8. The number of carbonyl (C=O) groups is 2. The van der Waals surface area contributed by atoms with E-state index in [1.54, 1.807) is 7.05 Å². The van der Waals surface area contributed by atoms with Crippen LogP contribution in [-0.4, -0.2) is 76.9 Å². The van der Waals surface area contributed by atoms with E-state index in [4.69, 9.17) is 9.73 Å². The Hall–Kier alpha value is -3.04. The molecule has 3 aliphatic rings. The first-order chi connectivity index (χ1) is 15.9. The van der Waals surface area contributed by atoms with Crippen molar-refractivity contribution in [3.05, 3.63) is 46.8 Å². The molecule has 1 unspecified atom stereocenters. The first-order valence-electron chi connectivity index (χ1n) is 11.5. The Balaban J connectivity index is 1.45. The number of imide groups is 1. The number of carbonyl (C=O) groups excluding carboxylic acids is 2. The molecule has 33 heavy (non-hydrogen) atoms. The van der Waals surface area contributed by atoms with Crippen molar-refractivity contribution in [3.63, 3.8) is 0 Å². The van der Waals surface area contributed by atoms with Crippen LogP contribution in [0.1, 0.15) is 28.6 Å². The third-order valence-electron chi connectivity index (χ3n) is 6.99. The number of hydrogen-bond donors (Lipinski definition) is 0. The SMILES string of the molecule is Cc1cccc(CN2C(=O)C3C(=Nc4n3c(C)c(C)[n+]4CCN3CCOCC3)N(C)C2=O)c1. The summed E-state index contributed by atoms with van der Waals surface area (Å²) in [5.41, 5.74) is 4.13. The summed E-state index contributed by atoms with van der Waals surface area (Å²) in [6.07, 6.45) is 0. The van der Waals surface area contributed by atoms with Crippen LogP contribution in [0, 0.1) is 20.8 Å². The Morgan fingerprint density at radius 2 is 1.91 bits per heavy atom. The molecular formula is C24H31N6O3+. The Morgan fingerprint density at radius 1 is 1.15 bits per heavy atom. The fourth-order valence-corrected chi connectivity index (χ4v) is 4.97. The molecule has 1 atom stereocenters. The Kier molecular flexibility index (Phi) is 5.54. The molecule has 1 aromatic carbocycles. The maximum Gasteiger partial charge on any atom is 0.402 e. The number of ether oxygens (including phenoxy) is 1. The summed E-state index contributed by atoms with van der Waals surface area (Å²) in [7, 11) is 1.70. The van der Waals surface area contributed by atoms with E-state index in [1.807, 2.05) is 42.7 Å². The van der Waals surface area contributed by atoms with Crippen molar-refractivity contribution < 1.29 is 18.9 Å². The highest BCUT2D eigenvalue weighted by Gasteiger charge is 2.54. The summed E-state index contributed by atoms with van der Waals surface area (Å²) in [5.74, 6) is 1.02. The summed E-state index contributed by atoms with van der Waals surface area (Å²) >= 11 is 0. The quantitative estimate of drug-likeness (QED) is 0.649. The number of aliphatic imine (C=N–C) groups is 1. The number of amides is 3. The summed E-state index contributed by atoms with van der Waals surface area (Å²) < 4.78 is 9.63. The van der Waals surface area contributed by atoms with Gasteiger partial charge in [-0.05, 0) is 26.3 Å². The second kappa shape index (κ2) is 8.39. The summed E-state index contributed by atoms with van der Waals surface area (Å²) in [6.45, 7) is 11.4. The number of imidazole rings is 1. The first-order valence-corrected chi connectivity index (χ1v) is 11.5. The van der Waals surface area contributed by atoms with Gasteiger partial charge in [-0.1, -0.05) is 34.8 Å². The van der Waals surface area contributed by atoms with Gasteiger partial charge in [-0.25, -0.2) is 13.9 Å². The zero-order chi connectivity index (χ0) is 23.3. The van der Waals surface area contributed by atoms with Crippen molar-refractivity contribution in [3.8, 4) is 0 Å². The largest absolute Gasteiger partial charge is 0.402 e. The van der Waals surface area contributed by atoms with Crippen LogP contribution in [0.5, 0.6) is 0 Å². The number of aryl methyl sites for hydroxylation is 1. The van der Waals surface area contributed by atoms with Gasteiger partial charge in [0.15, 0.2) is 0 Å². The summed E-state index contributed by atoms with van der Waals surface area (Å²) in [5, 5.41) is 0. The molecule has 3 aliphatic heterocycles. The van der Waals surface area contributed by atoms with E-state index in [0.29, 0.717) is 5.84 Å². The van der Waals surface area contributed by atoms with Crippen LogP contribution in [0.25, 0.3) is 0 Å². The average Bonchev–Trinajstić information content (AvgIpc) is 3.30. The topological polar surface area (TPSA) is 74.3 Å². The molecule has 0 N–H and O–H groups in total. The van der Waals surface area contributed by atoms with Gasteiger partial charge in [0.1, 0.15) is 11.4 Å². The highest BCUT2D eigenvalue weighted by atomic mass is 16.5. The molecule has 174 valence electrons. The van der Waals surface area contributed by atoms with E-state index in [9.17, 15) is 9.59 Å². The van der Waals surface area contributed by atoms with Gasteiger partial charge in [0.2, 0.25) is 11.9 Å². The highest BCUT2D eigenvalue weighted by molar-refractivity contribution is 6.20. The van der Waals surface area contributed by atoms with Gasteiger partial charge in [0.25, 0.3) is 5.91 Å². The van der Waals surface area contributed by atoms with Gasteiger partial charge in [-0.2, -0.15) is 0 Å². The van der Waals surface area contributed by atoms with Crippen LogP contribution < -0.4 is 4.57 Å². The predicted octanol–water partition coefficient (Wildman–Crippen LogP) is 1.71. The van der Waals surface area contributed by atoms with E-state index >= 15 is 0 Å². The number of likely N-dealkylation sites (N-methyl/N-ethyl adjacent to an activating group) is 1. The minimum Gasteiger partial charge on any atom is -0.379 e. The lowest BCUT2D eigenvalue weighted by Gasteiger charge is -2.33. The third-order valence-corrected chi connectivity index (χ3v) is 6.99. The molecule has 3 amide bonds. The Labute approximate surface area is 193 Å². The molecule has 0 aliphatic carbocycles. The fourth-order valence-electron chi connectivity index (χ4n) is 4.97. The molecule has 0 bridgehead atoms. The van der Waals surface area contributed by atoms with E-state index < -0.39 is 6.04 Å². The lowest BCUT2D eigenvalue weighted by Crippen LogP contribution is -2.57. The summed E-state index contributed by atoms with van der Waals surface area (Å²) in [6, 6.07) is 6.96. The Morgan fingerprint density at radius 3 is 2.64 bits per heavy atom. The monoisotopic (exact) mass is 451 g/mol. The van der Waals surface area contributed by atoms with E-state index in [1.165, 1.54) is 9.80 Å². The number of urea groups is 1. The van der Waals surface area contributed by atoms with Crippen LogP contribution in [0.15, 0.2) is 29.3 Å². The van der Waals surface area contributed by atoms with Gasteiger partial charge in [-0.3, -0.25) is 19.5 Å². The smallest absolute Gasteiger partial charge is 0.379 e. The molecular weight excluding hydrogens is 420 g/mol. The number of fused-ring (bicyclic) bond motifs is 3. The fraction of sp³-hybridized carbons (Fsp3) is 0.500. The predicted molar refractivity (Wildman–Crippen MR) is 122 cm³/mol. The molecule has 2 saturated heterocycles. The molecule has 0 saturated carbocycles. The number of benzene rings is 1. The molecule has 1 aromatic heterocycles. The van der Waals surface area contributed by atoms with Crippen LogP contribution in [0.2, 0.25) is 0 Å². The average molecular weight is 452 g/mol. The van der Waals surface area contributed by atoms with Crippen LogP contribution in [0.3, 0.4) is 0 Å². The van der Waals surface area contributed by atoms with E-state index in [2.05, 4.69) is 16.4 Å². The maximum atomic E-state index is 13.6. The molecule has 4 heterocycles. The van der Waals surface area contributed by atoms with Gasteiger partial charge in [0.05, 0.1) is 26.3 Å². The van der Waals surface area contributed by atoms with Gasteiger partial charge in [0, 0.05) is 26.7 Å². The standard InChI is InChI=1S/C24H31N6O3/c1-16-6-5-7-19(14-16)15-29-22(31)20-21(26(4)24(29)32)25-23-28(17(2)18(3)30(20)23)9-8-27-10-12-33-13-11-27/h5-7,14,20H,8-13,15H2,1-4H3/q+1. The minimum absolute atomic E-state index is 0.226. The van der Waals surface area contributed by atoms with Crippen LogP contribution in [-0.2, 0) is 22.6 Å². The Bertz CT molecular complexity index is 1150. The molecule has 2 fully saturated rings. The first kappa shape index (κ1) is 21.8. The number of rotatable bonds is 5. The number of hydrogen-bond acceptors (Lipinski definition) is 5. The number of amidine groups is 1. The number of morpholine rings is 1. The number of nitrogens with zero attached hydrogens (tertiary/aromatic N) is 6. The highest BCUT2D eigenvalue weighted by Crippen LogP contribution is 2.35. The van der Waals surface area contributed by atoms with Crippen molar-refractivity contribution in [1.29, 1.82) is 0 Å². The maximum absolute atomic E-state index is 13.6. The number of aromatic nitrogens is 2. The van der Waals surface area contributed by atoms with Gasteiger partial charge < -0.3 is 4.74 Å². The molecule has 0 radical (unpaired) electrons. The van der Waals surface area contributed by atoms with Crippen LogP contribution in [0.4, 0.5) is 10.7 Å². The molecule has 0 spiro atoms. The second-order valence-electron chi connectivity index (χ2n) is 9.07. The molecule has 2 aromatic rings. The van der Waals surface area contributed by atoms with Crippen molar-refractivity contribution in [2.24, 2.45) is 4.99 Å². The van der Waals surface area contributed by atoms with Crippen LogP contribution >= 0.6 is 0 Å². The molecule has 9 nitrogen and oxygen atoms in total. The van der Waals surface area contributed by atoms with Gasteiger partial charge in [-0.15, -0.1) is 0 Å². The van der Waals surface area contributed by atoms with Crippen molar-refractivity contribution in [2.75, 3.05) is 39.9 Å². The van der Waals surface area contributed by atoms with E-state index in [0.717, 1.165) is 67.9 Å². The lowest BCUT2D eigenvalue weighted by molar-refractivity contribution is -0.688. The zero-order valence-electron chi connectivity index (χ0n) is 19.7. The molecule has 9 heteroatoms. The second-order valence-corrected chi connectivity index (χ2v) is 9.07. The van der Waals surface area contributed by atoms with Gasteiger partial charge >= 0.3 is 12.0 Å². The van der Waals surface area contributed by atoms with E-state index in [-0.39, 0.29) is 18.5 Å². The van der Waals surface area contributed by atoms with Crippen molar-refractivity contribution in [1.82, 2.24) is 19.3 Å². The zero-order valence-corrected chi connectivity index (χ0v) is 19.7.